The van der Waals surface area contributed by atoms with Crippen molar-refractivity contribution in [1.82, 2.24) is 10.1 Å². The molecule has 32 heavy (non-hydrogen) atoms. The van der Waals surface area contributed by atoms with Gasteiger partial charge in [-0.2, -0.15) is 26.3 Å². The Morgan fingerprint density at radius 3 is 2.09 bits per heavy atom. The lowest BCUT2D eigenvalue weighted by molar-refractivity contribution is -0.143. The van der Waals surface area contributed by atoms with Crippen LogP contribution in [0.3, 0.4) is 0 Å². The summed E-state index contributed by atoms with van der Waals surface area (Å²) in [4.78, 5) is 25.8. The Balaban J connectivity index is 2.24. The molecule has 0 unspecified atom stereocenters. The number of carbonyl (C=O) groups excluding carboxylic acids is 2. The first-order valence-corrected chi connectivity index (χ1v) is 9.31. The molecule has 13 heteroatoms. The van der Waals surface area contributed by atoms with Crippen molar-refractivity contribution in [1.29, 1.82) is 0 Å². The molecule has 2 rings (SSSR count). The molecule has 176 valence electrons. The first-order chi connectivity index (χ1) is 14.8. The average molecular weight is 466 g/mol. The molecular weight excluding hydrogens is 446 g/mol. The molecule has 0 saturated heterocycles. The standard InChI is InChI=1S/C19H20F6N4O3/c1-11(2)3-5-29(10-16(30)27-15-4-6-32-28-15)17(31)26-14-8-12(18(20,21)22)7-13(9-14)19(23,24)25/h4,6-9,11H,3,5,10H2,1-2H3,(H,26,31)(H,27,28,30). The fraction of sp³-hybridized carbons (Fsp3) is 0.421. The minimum atomic E-state index is -5.06. The fourth-order valence-corrected chi connectivity index (χ4v) is 2.53. The highest BCUT2D eigenvalue weighted by Crippen LogP contribution is 2.37. The van der Waals surface area contributed by atoms with Crippen molar-refractivity contribution >= 4 is 23.4 Å². The highest BCUT2D eigenvalue weighted by molar-refractivity contribution is 5.96. The molecular formula is C19H20F6N4O3. The van der Waals surface area contributed by atoms with E-state index in [0.29, 0.717) is 18.6 Å². The maximum absolute atomic E-state index is 13.0. The van der Waals surface area contributed by atoms with Gasteiger partial charge in [-0.3, -0.25) is 4.79 Å². The van der Waals surface area contributed by atoms with Crippen LogP contribution < -0.4 is 10.6 Å². The fourth-order valence-electron chi connectivity index (χ4n) is 2.53. The lowest BCUT2D eigenvalue weighted by Crippen LogP contribution is -2.41. The summed E-state index contributed by atoms with van der Waals surface area (Å²) in [5.74, 6) is -0.501. The van der Waals surface area contributed by atoms with Crippen molar-refractivity contribution in [3.8, 4) is 0 Å². The SMILES string of the molecule is CC(C)CCN(CC(=O)Nc1ccon1)C(=O)Nc1cc(C(F)(F)F)cc(C(F)(F)F)c1. The van der Waals surface area contributed by atoms with Crippen LogP contribution in [0.25, 0.3) is 0 Å². The van der Waals surface area contributed by atoms with Crippen LogP contribution in [-0.2, 0) is 17.1 Å². The molecule has 0 aliphatic heterocycles. The van der Waals surface area contributed by atoms with Gasteiger partial charge < -0.3 is 20.1 Å². The number of amides is 3. The zero-order valence-electron chi connectivity index (χ0n) is 17.0. The summed E-state index contributed by atoms with van der Waals surface area (Å²) in [5, 5.41) is 7.86. The number of hydrogen-bond donors (Lipinski definition) is 2. The number of nitrogens with one attached hydrogen (secondary N) is 2. The van der Waals surface area contributed by atoms with Gasteiger partial charge in [0.05, 0.1) is 11.1 Å². The third kappa shape index (κ3) is 7.46. The Morgan fingerprint density at radius 2 is 1.62 bits per heavy atom. The molecule has 0 radical (unpaired) electrons. The number of alkyl halides is 6. The number of hydrogen-bond acceptors (Lipinski definition) is 4. The van der Waals surface area contributed by atoms with Gasteiger partial charge in [0.25, 0.3) is 0 Å². The van der Waals surface area contributed by atoms with Crippen molar-refractivity contribution in [2.75, 3.05) is 23.7 Å². The van der Waals surface area contributed by atoms with Crippen LogP contribution in [0.5, 0.6) is 0 Å². The van der Waals surface area contributed by atoms with Crippen molar-refractivity contribution in [2.45, 2.75) is 32.6 Å². The molecule has 1 aromatic carbocycles. The van der Waals surface area contributed by atoms with Crippen molar-refractivity contribution < 1.29 is 40.5 Å². The first kappa shape index (κ1) is 25.0. The zero-order chi connectivity index (χ0) is 24.1. The summed E-state index contributed by atoms with van der Waals surface area (Å²) in [6.45, 7) is 3.19. The normalized spacial score (nSPS) is 12.0. The van der Waals surface area contributed by atoms with Crippen LogP contribution in [-0.4, -0.2) is 35.1 Å². The topological polar surface area (TPSA) is 87.5 Å². The second-order valence-electron chi connectivity index (χ2n) is 7.26. The number of nitrogens with zero attached hydrogens (tertiary/aromatic N) is 2. The summed E-state index contributed by atoms with van der Waals surface area (Å²) >= 11 is 0. The second kappa shape index (κ2) is 9.92. The van der Waals surface area contributed by atoms with E-state index in [0.717, 1.165) is 4.90 Å². The molecule has 0 bridgehead atoms. The number of urea groups is 1. The lowest BCUT2D eigenvalue weighted by atomic mass is 10.1. The number of halogens is 6. The molecule has 2 N–H and O–H groups in total. The minimum absolute atomic E-state index is 0.0286. The van der Waals surface area contributed by atoms with E-state index < -0.39 is 47.6 Å². The monoisotopic (exact) mass is 466 g/mol. The Morgan fingerprint density at radius 1 is 1.03 bits per heavy atom. The van der Waals surface area contributed by atoms with E-state index >= 15 is 0 Å². The molecule has 0 atom stereocenters. The molecule has 3 amide bonds. The molecule has 1 aromatic heterocycles. The first-order valence-electron chi connectivity index (χ1n) is 9.31. The molecule has 0 fully saturated rings. The summed E-state index contributed by atoms with van der Waals surface area (Å²) in [5.41, 5.74) is -3.84. The van der Waals surface area contributed by atoms with E-state index in [1.54, 1.807) is 0 Å². The van der Waals surface area contributed by atoms with Gasteiger partial charge in [-0.05, 0) is 30.5 Å². The number of carbonyl (C=O) groups is 2. The van der Waals surface area contributed by atoms with Gasteiger partial charge in [-0.1, -0.05) is 19.0 Å². The zero-order valence-corrected chi connectivity index (χ0v) is 17.0. The van der Waals surface area contributed by atoms with Gasteiger partial charge in [-0.25, -0.2) is 4.79 Å². The van der Waals surface area contributed by atoms with Gasteiger partial charge in [0.2, 0.25) is 5.91 Å². The van der Waals surface area contributed by atoms with E-state index in [2.05, 4.69) is 15.0 Å². The molecule has 0 aliphatic carbocycles. The summed E-state index contributed by atoms with van der Waals surface area (Å²) in [6, 6.07) is 1.05. The van der Waals surface area contributed by atoms with Crippen molar-refractivity contribution in [3.63, 3.8) is 0 Å². The third-order valence-electron chi connectivity index (χ3n) is 4.14. The molecule has 7 nitrogen and oxygen atoms in total. The van der Waals surface area contributed by atoms with Gasteiger partial charge in [0, 0.05) is 18.3 Å². The van der Waals surface area contributed by atoms with Gasteiger partial charge in [0.1, 0.15) is 12.8 Å². The summed E-state index contributed by atoms with van der Waals surface area (Å²) in [6.07, 6.45) is -8.49. The molecule has 0 aliphatic rings. The Kier molecular flexibility index (Phi) is 7.75. The van der Waals surface area contributed by atoms with Crippen LogP contribution in [0.2, 0.25) is 0 Å². The van der Waals surface area contributed by atoms with E-state index in [1.165, 1.54) is 12.3 Å². The largest absolute Gasteiger partial charge is 0.416 e. The molecule has 0 saturated carbocycles. The molecule has 0 spiro atoms. The van der Waals surface area contributed by atoms with Gasteiger partial charge in [0.15, 0.2) is 5.82 Å². The van der Waals surface area contributed by atoms with E-state index in [4.69, 9.17) is 0 Å². The molecule has 1 heterocycles. The highest BCUT2D eigenvalue weighted by Gasteiger charge is 2.37. The van der Waals surface area contributed by atoms with E-state index in [1.807, 2.05) is 19.2 Å². The predicted molar refractivity (Wildman–Crippen MR) is 102 cm³/mol. The predicted octanol–water partition coefficient (Wildman–Crippen LogP) is 5.23. The summed E-state index contributed by atoms with van der Waals surface area (Å²) in [7, 11) is 0. The van der Waals surface area contributed by atoms with Crippen LogP contribution in [0.15, 0.2) is 35.1 Å². The highest BCUT2D eigenvalue weighted by atomic mass is 19.4. The van der Waals surface area contributed by atoms with Crippen molar-refractivity contribution in [2.24, 2.45) is 5.92 Å². The number of aromatic nitrogens is 1. The summed E-state index contributed by atoms with van der Waals surface area (Å²) < 4.78 is 82.8. The third-order valence-corrected chi connectivity index (χ3v) is 4.14. The van der Waals surface area contributed by atoms with Crippen LogP contribution in [0.1, 0.15) is 31.4 Å². The second-order valence-corrected chi connectivity index (χ2v) is 7.26. The van der Waals surface area contributed by atoms with E-state index in [9.17, 15) is 35.9 Å². The number of rotatable bonds is 7. The number of benzene rings is 1. The quantitative estimate of drug-likeness (QED) is 0.547. The van der Waals surface area contributed by atoms with Crippen LogP contribution in [0.4, 0.5) is 42.6 Å². The molecule has 2 aromatic rings. The Bertz CT molecular complexity index is 894. The lowest BCUT2D eigenvalue weighted by Gasteiger charge is -2.24. The average Bonchev–Trinajstić information content (AvgIpc) is 3.16. The maximum atomic E-state index is 13.0. The van der Waals surface area contributed by atoms with Gasteiger partial charge in [-0.15, -0.1) is 0 Å². The minimum Gasteiger partial charge on any atom is -0.363 e. The Hall–Kier alpha value is -3.25. The number of anilines is 2. The van der Waals surface area contributed by atoms with E-state index in [-0.39, 0.29) is 24.3 Å². The van der Waals surface area contributed by atoms with Gasteiger partial charge >= 0.3 is 18.4 Å². The smallest absolute Gasteiger partial charge is 0.363 e. The van der Waals surface area contributed by atoms with Crippen LogP contribution in [0, 0.1) is 5.92 Å². The maximum Gasteiger partial charge on any atom is 0.416 e. The Labute approximate surface area is 178 Å². The van der Waals surface area contributed by atoms with Crippen LogP contribution >= 0.6 is 0 Å². The van der Waals surface area contributed by atoms with Crippen molar-refractivity contribution in [3.05, 3.63) is 41.7 Å².